The van der Waals surface area contributed by atoms with Crippen molar-refractivity contribution < 1.29 is 19.1 Å². The highest BCUT2D eigenvalue weighted by Crippen LogP contribution is 2.11. The van der Waals surface area contributed by atoms with Gasteiger partial charge >= 0.3 is 0 Å². The minimum absolute atomic E-state index is 0.0512. The molecule has 2 N–H and O–H groups in total. The summed E-state index contributed by atoms with van der Waals surface area (Å²) in [5.41, 5.74) is 0. The van der Waals surface area contributed by atoms with Gasteiger partial charge in [0.25, 0.3) is 0 Å². The van der Waals surface area contributed by atoms with E-state index in [0.29, 0.717) is 25.9 Å². The SMILES string of the molecule is O=C(CCCCC(=O)NC[C@@H]1CCCO1)NC[C@H]1CCCO1. The summed E-state index contributed by atoms with van der Waals surface area (Å²) in [5.74, 6) is 0.102. The molecule has 2 rings (SSSR count). The van der Waals surface area contributed by atoms with E-state index in [1.807, 2.05) is 0 Å². The molecule has 126 valence electrons. The Labute approximate surface area is 132 Å². The van der Waals surface area contributed by atoms with Gasteiger partial charge in [-0.2, -0.15) is 0 Å². The van der Waals surface area contributed by atoms with Gasteiger partial charge in [0.2, 0.25) is 11.8 Å². The van der Waals surface area contributed by atoms with E-state index in [0.717, 1.165) is 51.7 Å². The van der Waals surface area contributed by atoms with E-state index in [2.05, 4.69) is 10.6 Å². The molecule has 0 saturated carbocycles. The van der Waals surface area contributed by atoms with E-state index >= 15 is 0 Å². The van der Waals surface area contributed by atoms with Crippen LogP contribution in [0.1, 0.15) is 51.4 Å². The van der Waals surface area contributed by atoms with Crippen molar-refractivity contribution in [3.63, 3.8) is 0 Å². The first-order valence-electron chi connectivity index (χ1n) is 8.50. The van der Waals surface area contributed by atoms with Gasteiger partial charge in [-0.3, -0.25) is 9.59 Å². The standard InChI is InChI=1S/C16H28N2O4/c19-15(17-11-13-5-3-9-21-13)7-1-2-8-16(20)18-12-14-6-4-10-22-14/h13-14H,1-12H2,(H,17,19)(H,18,20)/t13-,14+. The quantitative estimate of drug-likeness (QED) is 0.626. The first-order valence-corrected chi connectivity index (χ1v) is 8.50. The number of hydrogen-bond acceptors (Lipinski definition) is 4. The molecule has 0 aliphatic carbocycles. The van der Waals surface area contributed by atoms with Crippen LogP contribution in [0.2, 0.25) is 0 Å². The summed E-state index contributed by atoms with van der Waals surface area (Å²) >= 11 is 0. The zero-order chi connectivity index (χ0) is 15.6. The second kappa shape index (κ2) is 9.79. The lowest BCUT2D eigenvalue weighted by molar-refractivity contribution is -0.123. The zero-order valence-corrected chi connectivity index (χ0v) is 13.3. The Morgan fingerprint density at radius 3 is 1.64 bits per heavy atom. The lowest BCUT2D eigenvalue weighted by Crippen LogP contribution is -2.32. The number of carbonyl (C=O) groups excluding carboxylic acids is 2. The van der Waals surface area contributed by atoms with Gasteiger partial charge in [-0.25, -0.2) is 0 Å². The third-order valence-electron chi connectivity index (χ3n) is 4.16. The van der Waals surface area contributed by atoms with Gasteiger partial charge in [-0.1, -0.05) is 0 Å². The maximum Gasteiger partial charge on any atom is 0.220 e. The van der Waals surface area contributed by atoms with Gasteiger partial charge in [0.1, 0.15) is 0 Å². The van der Waals surface area contributed by atoms with E-state index in [1.54, 1.807) is 0 Å². The minimum Gasteiger partial charge on any atom is -0.376 e. The molecule has 0 radical (unpaired) electrons. The predicted octanol–water partition coefficient (Wildman–Crippen LogP) is 1.14. The second-order valence-electron chi connectivity index (χ2n) is 6.09. The van der Waals surface area contributed by atoms with Crippen LogP contribution >= 0.6 is 0 Å². The first-order chi connectivity index (χ1) is 10.7. The number of unbranched alkanes of at least 4 members (excludes halogenated alkanes) is 1. The van der Waals surface area contributed by atoms with Crippen LogP contribution in [-0.2, 0) is 19.1 Å². The smallest absolute Gasteiger partial charge is 0.220 e. The van der Waals surface area contributed by atoms with Crippen molar-refractivity contribution >= 4 is 11.8 Å². The van der Waals surface area contributed by atoms with Crippen molar-refractivity contribution in [1.82, 2.24) is 10.6 Å². The first kappa shape index (κ1) is 17.2. The van der Waals surface area contributed by atoms with Gasteiger partial charge in [-0.05, 0) is 38.5 Å². The predicted molar refractivity (Wildman–Crippen MR) is 82.4 cm³/mol. The largest absolute Gasteiger partial charge is 0.376 e. The molecular formula is C16H28N2O4. The Morgan fingerprint density at radius 1 is 0.818 bits per heavy atom. The number of ether oxygens (including phenoxy) is 2. The van der Waals surface area contributed by atoms with Crippen molar-refractivity contribution in [1.29, 1.82) is 0 Å². The Bertz CT molecular complexity index is 316. The van der Waals surface area contributed by atoms with Crippen LogP contribution < -0.4 is 10.6 Å². The molecule has 2 heterocycles. The summed E-state index contributed by atoms with van der Waals surface area (Å²) in [6.07, 6.45) is 7.05. The lowest BCUT2D eigenvalue weighted by Gasteiger charge is -2.11. The van der Waals surface area contributed by atoms with E-state index < -0.39 is 0 Å². The van der Waals surface area contributed by atoms with Crippen LogP contribution in [0.5, 0.6) is 0 Å². The molecule has 6 heteroatoms. The molecule has 0 unspecified atom stereocenters. The van der Waals surface area contributed by atoms with Crippen molar-refractivity contribution in [2.45, 2.75) is 63.6 Å². The maximum atomic E-state index is 11.7. The monoisotopic (exact) mass is 312 g/mol. The molecule has 2 fully saturated rings. The fourth-order valence-electron chi connectivity index (χ4n) is 2.81. The van der Waals surface area contributed by atoms with Gasteiger partial charge in [0, 0.05) is 39.1 Å². The maximum absolute atomic E-state index is 11.7. The van der Waals surface area contributed by atoms with E-state index in [4.69, 9.17) is 9.47 Å². The van der Waals surface area contributed by atoms with Crippen molar-refractivity contribution in [3.05, 3.63) is 0 Å². The average molecular weight is 312 g/mol. The molecule has 0 aromatic heterocycles. The molecule has 0 bridgehead atoms. The number of hydrogen-bond donors (Lipinski definition) is 2. The van der Waals surface area contributed by atoms with E-state index in [1.165, 1.54) is 0 Å². The third kappa shape index (κ3) is 6.75. The molecule has 2 aliphatic heterocycles. The number of amides is 2. The molecule has 6 nitrogen and oxygen atoms in total. The number of nitrogens with one attached hydrogen (secondary N) is 2. The second-order valence-corrected chi connectivity index (χ2v) is 6.09. The summed E-state index contributed by atoms with van der Waals surface area (Å²) < 4.78 is 10.9. The Kier molecular flexibility index (Phi) is 7.66. The Balaban J connectivity index is 1.42. The summed E-state index contributed by atoms with van der Waals surface area (Å²) in [6, 6.07) is 0. The van der Waals surface area contributed by atoms with Crippen LogP contribution in [0.15, 0.2) is 0 Å². The molecule has 0 spiro atoms. The Morgan fingerprint density at radius 2 is 1.27 bits per heavy atom. The zero-order valence-electron chi connectivity index (χ0n) is 13.3. The number of carbonyl (C=O) groups is 2. The lowest BCUT2D eigenvalue weighted by atomic mass is 10.1. The van der Waals surface area contributed by atoms with Gasteiger partial charge in [0.05, 0.1) is 12.2 Å². The van der Waals surface area contributed by atoms with Crippen molar-refractivity contribution in [2.24, 2.45) is 0 Å². The third-order valence-corrected chi connectivity index (χ3v) is 4.16. The van der Waals surface area contributed by atoms with Gasteiger partial charge in [-0.15, -0.1) is 0 Å². The molecule has 0 aromatic carbocycles. The molecule has 2 amide bonds. The summed E-state index contributed by atoms with van der Waals surface area (Å²) in [5, 5.41) is 5.79. The topological polar surface area (TPSA) is 76.7 Å². The normalized spacial score (nSPS) is 24.4. The van der Waals surface area contributed by atoms with Crippen LogP contribution in [0.25, 0.3) is 0 Å². The highest BCUT2D eigenvalue weighted by molar-refractivity contribution is 5.77. The van der Waals surface area contributed by atoms with E-state index in [-0.39, 0.29) is 24.0 Å². The fourth-order valence-corrected chi connectivity index (χ4v) is 2.81. The molecule has 22 heavy (non-hydrogen) atoms. The van der Waals surface area contributed by atoms with Gasteiger partial charge in [0.15, 0.2) is 0 Å². The van der Waals surface area contributed by atoms with Crippen molar-refractivity contribution in [3.8, 4) is 0 Å². The van der Waals surface area contributed by atoms with Gasteiger partial charge < -0.3 is 20.1 Å². The molecular weight excluding hydrogens is 284 g/mol. The Hall–Kier alpha value is -1.14. The highest BCUT2D eigenvalue weighted by atomic mass is 16.5. The van der Waals surface area contributed by atoms with Crippen molar-refractivity contribution in [2.75, 3.05) is 26.3 Å². The molecule has 2 aliphatic rings. The van der Waals surface area contributed by atoms with Crippen LogP contribution in [0.3, 0.4) is 0 Å². The summed E-state index contributed by atoms with van der Waals surface area (Å²) in [4.78, 5) is 23.3. The van der Waals surface area contributed by atoms with Crippen LogP contribution in [0, 0.1) is 0 Å². The summed E-state index contributed by atoms with van der Waals surface area (Å²) in [6.45, 7) is 2.84. The van der Waals surface area contributed by atoms with Crippen LogP contribution in [-0.4, -0.2) is 50.3 Å². The summed E-state index contributed by atoms with van der Waals surface area (Å²) in [7, 11) is 0. The molecule has 0 aromatic rings. The fraction of sp³-hybridized carbons (Fsp3) is 0.875. The average Bonchev–Trinajstić information content (AvgIpc) is 3.20. The number of rotatable bonds is 9. The molecule has 2 saturated heterocycles. The minimum atomic E-state index is 0.0512. The molecule has 2 atom stereocenters. The van der Waals surface area contributed by atoms with Crippen LogP contribution in [0.4, 0.5) is 0 Å². The van der Waals surface area contributed by atoms with E-state index in [9.17, 15) is 9.59 Å². The highest BCUT2D eigenvalue weighted by Gasteiger charge is 2.17.